The summed E-state index contributed by atoms with van der Waals surface area (Å²) in [4.78, 5) is 0. The van der Waals surface area contributed by atoms with Crippen LogP contribution < -0.4 is 0 Å². The van der Waals surface area contributed by atoms with Gasteiger partial charge in [0.2, 0.25) is 0 Å². The summed E-state index contributed by atoms with van der Waals surface area (Å²) in [6, 6.07) is 0. The molecule has 16 heavy (non-hydrogen) atoms. The molecule has 0 N–H and O–H groups in total. The molecule has 0 amide bonds. The van der Waals surface area contributed by atoms with E-state index in [1.165, 1.54) is 38.5 Å². The molecule has 0 heterocycles. The first-order valence-corrected chi connectivity index (χ1v) is 7.85. The van der Waals surface area contributed by atoms with Gasteiger partial charge in [-0.1, -0.05) is 101 Å². The van der Waals surface area contributed by atoms with Crippen LogP contribution in [0.4, 0.5) is 0 Å². The zero-order valence-corrected chi connectivity index (χ0v) is 13.8. The molecule has 0 fully saturated rings. The van der Waals surface area contributed by atoms with Crippen molar-refractivity contribution in [2.75, 3.05) is 0 Å². The van der Waals surface area contributed by atoms with Crippen molar-refractivity contribution in [3.05, 3.63) is 0 Å². The van der Waals surface area contributed by atoms with Gasteiger partial charge in [-0.15, -0.1) is 0 Å². The van der Waals surface area contributed by atoms with Crippen molar-refractivity contribution in [2.45, 2.75) is 101 Å². The Bertz CT molecular complexity index is 42.8. The number of hydrogen-bond donors (Lipinski definition) is 0. The molecule has 0 aromatic carbocycles. The summed E-state index contributed by atoms with van der Waals surface area (Å²) in [5.41, 5.74) is 0. The highest BCUT2D eigenvalue weighted by atomic mass is 14.1. The molecule has 0 saturated carbocycles. The van der Waals surface area contributed by atoms with Crippen LogP contribution in [0.15, 0.2) is 0 Å². The van der Waals surface area contributed by atoms with Gasteiger partial charge in [-0.25, -0.2) is 0 Å². The Morgan fingerprint density at radius 3 is 0.812 bits per heavy atom. The molecule has 0 saturated heterocycles. The minimum Gasteiger partial charge on any atom is -0.0683 e. The minimum atomic E-state index is 1.03. The standard InChI is InChI=1S/C10H22.3C2H6/c1-4-7-10(8-5-2)9-6-3;3*1-2/h10H,4-9H2,1-3H3;3*1-2H3. The summed E-state index contributed by atoms with van der Waals surface area (Å²) in [6.07, 6.45) is 8.44. The van der Waals surface area contributed by atoms with E-state index in [1.54, 1.807) is 0 Å². The molecule has 0 aromatic rings. The van der Waals surface area contributed by atoms with Crippen LogP contribution in [-0.2, 0) is 0 Å². The first-order chi connectivity index (χ1) is 7.85. The van der Waals surface area contributed by atoms with E-state index in [4.69, 9.17) is 0 Å². The van der Waals surface area contributed by atoms with Gasteiger partial charge >= 0.3 is 0 Å². The van der Waals surface area contributed by atoms with Crippen molar-refractivity contribution in [3.63, 3.8) is 0 Å². The van der Waals surface area contributed by atoms with Gasteiger partial charge in [0.25, 0.3) is 0 Å². The number of rotatable bonds is 6. The Balaban J connectivity index is -0.000000103. The average molecular weight is 232 g/mol. The van der Waals surface area contributed by atoms with Crippen LogP contribution in [0.5, 0.6) is 0 Å². The summed E-state index contributed by atoms with van der Waals surface area (Å²) in [5, 5.41) is 0. The molecule has 0 aliphatic carbocycles. The molecule has 0 radical (unpaired) electrons. The van der Waals surface area contributed by atoms with Crippen LogP contribution in [0, 0.1) is 5.92 Å². The molecule has 0 atom stereocenters. The van der Waals surface area contributed by atoms with E-state index in [9.17, 15) is 0 Å². The Morgan fingerprint density at radius 1 is 0.500 bits per heavy atom. The lowest BCUT2D eigenvalue weighted by Crippen LogP contribution is -1.98. The largest absolute Gasteiger partial charge is 0.0683 e. The van der Waals surface area contributed by atoms with Crippen molar-refractivity contribution in [1.82, 2.24) is 0 Å². The summed E-state index contributed by atoms with van der Waals surface area (Å²) in [7, 11) is 0. The van der Waals surface area contributed by atoms with Crippen molar-refractivity contribution >= 4 is 0 Å². The van der Waals surface area contributed by atoms with Gasteiger partial charge in [0, 0.05) is 0 Å². The summed E-state index contributed by atoms with van der Waals surface area (Å²) >= 11 is 0. The normalized spacial score (nSPS) is 7.88. The molecule has 0 aliphatic heterocycles. The fourth-order valence-electron chi connectivity index (χ4n) is 1.66. The summed E-state index contributed by atoms with van der Waals surface area (Å²) < 4.78 is 0. The Kier molecular flexibility index (Phi) is 56.7. The van der Waals surface area contributed by atoms with Gasteiger partial charge < -0.3 is 0 Å². The van der Waals surface area contributed by atoms with Crippen LogP contribution in [-0.4, -0.2) is 0 Å². The summed E-state index contributed by atoms with van der Waals surface area (Å²) in [5.74, 6) is 1.03. The van der Waals surface area contributed by atoms with E-state index in [1.807, 2.05) is 41.5 Å². The van der Waals surface area contributed by atoms with E-state index in [-0.39, 0.29) is 0 Å². The molecule has 0 heteroatoms. The maximum absolute atomic E-state index is 2.29. The van der Waals surface area contributed by atoms with E-state index in [2.05, 4.69) is 20.8 Å². The van der Waals surface area contributed by atoms with Gasteiger partial charge in [0.1, 0.15) is 0 Å². The monoisotopic (exact) mass is 232 g/mol. The second-order valence-electron chi connectivity index (χ2n) is 3.23. The van der Waals surface area contributed by atoms with Crippen molar-refractivity contribution < 1.29 is 0 Å². The van der Waals surface area contributed by atoms with Crippen molar-refractivity contribution in [3.8, 4) is 0 Å². The topological polar surface area (TPSA) is 0 Å². The third-order valence-electron chi connectivity index (χ3n) is 2.09. The fourth-order valence-corrected chi connectivity index (χ4v) is 1.66. The smallest absolute Gasteiger partial charge is 0.0415 e. The van der Waals surface area contributed by atoms with E-state index in [0.717, 1.165) is 5.92 Å². The van der Waals surface area contributed by atoms with Crippen LogP contribution in [0.1, 0.15) is 101 Å². The molecular formula is C16H40. The molecule has 0 bridgehead atoms. The molecule has 0 unspecified atom stereocenters. The third kappa shape index (κ3) is 29.2. The Labute approximate surface area is 107 Å². The van der Waals surface area contributed by atoms with Crippen LogP contribution in [0.3, 0.4) is 0 Å². The van der Waals surface area contributed by atoms with Gasteiger partial charge in [-0.2, -0.15) is 0 Å². The predicted molar refractivity (Wildman–Crippen MR) is 82.3 cm³/mol. The lowest BCUT2D eigenvalue weighted by atomic mass is 9.94. The van der Waals surface area contributed by atoms with Crippen molar-refractivity contribution in [2.24, 2.45) is 5.92 Å². The van der Waals surface area contributed by atoms with Gasteiger partial charge in [0.15, 0.2) is 0 Å². The van der Waals surface area contributed by atoms with E-state index < -0.39 is 0 Å². The molecule has 104 valence electrons. The van der Waals surface area contributed by atoms with Crippen molar-refractivity contribution in [1.29, 1.82) is 0 Å². The van der Waals surface area contributed by atoms with Gasteiger partial charge in [-0.3, -0.25) is 0 Å². The molecule has 0 rings (SSSR count). The maximum atomic E-state index is 2.29. The van der Waals surface area contributed by atoms with Gasteiger partial charge in [-0.05, 0) is 5.92 Å². The lowest BCUT2D eigenvalue weighted by molar-refractivity contribution is 0.407. The molecule has 0 nitrogen and oxygen atoms in total. The van der Waals surface area contributed by atoms with E-state index >= 15 is 0 Å². The zero-order valence-electron chi connectivity index (χ0n) is 13.8. The predicted octanol–water partition coefficient (Wildman–Crippen LogP) is 7.08. The molecule has 0 spiro atoms. The quantitative estimate of drug-likeness (QED) is 0.459. The first-order valence-electron chi connectivity index (χ1n) is 7.85. The van der Waals surface area contributed by atoms with Crippen LogP contribution in [0.25, 0.3) is 0 Å². The zero-order chi connectivity index (χ0) is 13.8. The first kappa shape index (κ1) is 25.0. The lowest BCUT2D eigenvalue weighted by Gasteiger charge is -2.12. The van der Waals surface area contributed by atoms with Crippen LogP contribution >= 0.6 is 0 Å². The Morgan fingerprint density at radius 2 is 0.688 bits per heavy atom. The SMILES string of the molecule is CC.CC.CC.CCCC(CCC)CCC. The second kappa shape index (κ2) is 36.3. The maximum Gasteiger partial charge on any atom is -0.0415 e. The molecular weight excluding hydrogens is 192 g/mol. The highest BCUT2D eigenvalue weighted by molar-refractivity contribution is 4.56. The second-order valence-corrected chi connectivity index (χ2v) is 3.23. The Hall–Kier alpha value is 0. The highest BCUT2D eigenvalue weighted by Gasteiger charge is 2.03. The fraction of sp³-hybridized carbons (Fsp3) is 1.00. The third-order valence-corrected chi connectivity index (χ3v) is 2.09. The van der Waals surface area contributed by atoms with Gasteiger partial charge in [0.05, 0.1) is 0 Å². The van der Waals surface area contributed by atoms with Crippen LogP contribution in [0.2, 0.25) is 0 Å². The molecule has 0 aliphatic rings. The minimum absolute atomic E-state index is 1.03. The average Bonchev–Trinajstić information content (AvgIpc) is 2.38. The summed E-state index contributed by atoms with van der Waals surface area (Å²) in [6.45, 7) is 18.9. The molecule has 0 aromatic heterocycles. The highest BCUT2D eigenvalue weighted by Crippen LogP contribution is 2.18. The van der Waals surface area contributed by atoms with E-state index in [0.29, 0.717) is 0 Å². The number of hydrogen-bond acceptors (Lipinski definition) is 0.